The SMILES string of the molecule is C#CCC(N)C(=O)N1CCOCC1CC(=O)O. The number of rotatable bonds is 4. The summed E-state index contributed by atoms with van der Waals surface area (Å²) in [6.45, 7) is 0.973. The molecule has 0 bridgehead atoms. The lowest BCUT2D eigenvalue weighted by atomic mass is 10.1. The maximum Gasteiger partial charge on any atom is 0.305 e. The highest BCUT2D eigenvalue weighted by Gasteiger charge is 2.31. The number of hydrogen-bond acceptors (Lipinski definition) is 4. The smallest absolute Gasteiger partial charge is 0.305 e. The molecule has 6 heteroatoms. The van der Waals surface area contributed by atoms with Gasteiger partial charge in [0.25, 0.3) is 0 Å². The molecular formula is C11H16N2O4. The van der Waals surface area contributed by atoms with Crippen LogP contribution in [-0.4, -0.2) is 53.7 Å². The van der Waals surface area contributed by atoms with Crippen molar-refractivity contribution in [2.24, 2.45) is 5.73 Å². The molecule has 2 unspecified atom stereocenters. The van der Waals surface area contributed by atoms with Gasteiger partial charge >= 0.3 is 5.97 Å². The number of ether oxygens (including phenoxy) is 1. The normalized spacial score (nSPS) is 21.6. The molecule has 0 saturated carbocycles. The maximum absolute atomic E-state index is 11.9. The molecule has 17 heavy (non-hydrogen) atoms. The van der Waals surface area contributed by atoms with Crippen LogP contribution in [0.2, 0.25) is 0 Å². The van der Waals surface area contributed by atoms with E-state index in [-0.39, 0.29) is 25.4 Å². The summed E-state index contributed by atoms with van der Waals surface area (Å²) in [6.07, 6.45) is 5.10. The van der Waals surface area contributed by atoms with E-state index in [0.29, 0.717) is 13.2 Å². The number of hydrogen-bond donors (Lipinski definition) is 2. The van der Waals surface area contributed by atoms with E-state index in [9.17, 15) is 9.59 Å². The molecule has 1 fully saturated rings. The van der Waals surface area contributed by atoms with Crippen molar-refractivity contribution in [2.75, 3.05) is 19.8 Å². The van der Waals surface area contributed by atoms with Crippen LogP contribution in [0.25, 0.3) is 0 Å². The monoisotopic (exact) mass is 240 g/mol. The summed E-state index contributed by atoms with van der Waals surface area (Å²) >= 11 is 0. The lowest BCUT2D eigenvalue weighted by molar-refractivity contribution is -0.147. The Kier molecular flexibility index (Phi) is 4.94. The molecule has 2 atom stereocenters. The first kappa shape index (κ1) is 13.5. The number of nitrogens with zero attached hydrogens (tertiary/aromatic N) is 1. The fourth-order valence-electron chi connectivity index (χ4n) is 1.74. The Morgan fingerprint density at radius 3 is 2.94 bits per heavy atom. The highest BCUT2D eigenvalue weighted by molar-refractivity contribution is 5.83. The topological polar surface area (TPSA) is 92.9 Å². The average Bonchev–Trinajstić information content (AvgIpc) is 2.28. The van der Waals surface area contributed by atoms with Gasteiger partial charge in [0.2, 0.25) is 5.91 Å². The van der Waals surface area contributed by atoms with Gasteiger partial charge < -0.3 is 20.5 Å². The van der Waals surface area contributed by atoms with Crippen molar-refractivity contribution in [3.63, 3.8) is 0 Å². The van der Waals surface area contributed by atoms with Gasteiger partial charge in [-0.2, -0.15) is 0 Å². The zero-order valence-electron chi connectivity index (χ0n) is 9.46. The fraction of sp³-hybridized carbons (Fsp3) is 0.636. The van der Waals surface area contributed by atoms with Gasteiger partial charge in [-0.05, 0) is 0 Å². The van der Waals surface area contributed by atoms with Crippen LogP contribution >= 0.6 is 0 Å². The third-order valence-corrected chi connectivity index (χ3v) is 2.58. The number of carbonyl (C=O) groups excluding carboxylic acids is 1. The molecule has 1 aliphatic heterocycles. The lowest BCUT2D eigenvalue weighted by Gasteiger charge is -2.36. The molecule has 3 N–H and O–H groups in total. The van der Waals surface area contributed by atoms with Crippen molar-refractivity contribution in [1.29, 1.82) is 0 Å². The first-order valence-electron chi connectivity index (χ1n) is 5.35. The number of terminal acetylenes is 1. The number of amides is 1. The molecule has 0 aromatic carbocycles. The standard InChI is InChI=1S/C11H16N2O4/c1-2-3-9(12)11(16)13-4-5-17-7-8(13)6-10(14)15/h1,8-9H,3-7,12H2,(H,14,15). The number of carbonyl (C=O) groups is 2. The quantitative estimate of drug-likeness (QED) is 0.617. The third-order valence-electron chi connectivity index (χ3n) is 2.58. The van der Waals surface area contributed by atoms with Crippen LogP contribution in [0.4, 0.5) is 0 Å². The van der Waals surface area contributed by atoms with Crippen molar-refractivity contribution in [3.8, 4) is 12.3 Å². The van der Waals surface area contributed by atoms with Gasteiger partial charge in [-0.15, -0.1) is 12.3 Å². The van der Waals surface area contributed by atoms with Crippen LogP contribution in [0.1, 0.15) is 12.8 Å². The van der Waals surface area contributed by atoms with Crippen LogP contribution < -0.4 is 5.73 Å². The lowest BCUT2D eigenvalue weighted by Crippen LogP contribution is -2.54. The molecule has 1 amide bonds. The van der Waals surface area contributed by atoms with E-state index in [2.05, 4.69) is 5.92 Å². The molecule has 1 rings (SSSR count). The van der Waals surface area contributed by atoms with Crippen molar-refractivity contribution < 1.29 is 19.4 Å². The van der Waals surface area contributed by atoms with Gasteiger partial charge in [0, 0.05) is 13.0 Å². The van der Waals surface area contributed by atoms with Crippen LogP contribution in [0.5, 0.6) is 0 Å². The number of nitrogens with two attached hydrogens (primary N) is 1. The van der Waals surface area contributed by atoms with Gasteiger partial charge in [0.1, 0.15) is 0 Å². The van der Waals surface area contributed by atoms with E-state index >= 15 is 0 Å². The van der Waals surface area contributed by atoms with Crippen LogP contribution in [0.3, 0.4) is 0 Å². The highest BCUT2D eigenvalue weighted by atomic mass is 16.5. The first-order valence-corrected chi connectivity index (χ1v) is 5.35. The van der Waals surface area contributed by atoms with E-state index in [1.54, 1.807) is 0 Å². The number of carboxylic acids is 1. The van der Waals surface area contributed by atoms with Gasteiger partial charge in [0.05, 0.1) is 31.7 Å². The summed E-state index contributed by atoms with van der Waals surface area (Å²) in [4.78, 5) is 24.1. The van der Waals surface area contributed by atoms with Crippen LogP contribution in [-0.2, 0) is 14.3 Å². The van der Waals surface area contributed by atoms with E-state index in [4.69, 9.17) is 22.0 Å². The van der Waals surface area contributed by atoms with E-state index in [1.165, 1.54) is 4.90 Å². The van der Waals surface area contributed by atoms with Crippen molar-refractivity contribution >= 4 is 11.9 Å². The average molecular weight is 240 g/mol. The molecule has 0 spiro atoms. The second-order valence-electron chi connectivity index (χ2n) is 3.87. The minimum Gasteiger partial charge on any atom is -0.481 e. The molecule has 94 valence electrons. The Balaban J connectivity index is 2.67. The molecule has 6 nitrogen and oxygen atoms in total. The van der Waals surface area contributed by atoms with Crippen LogP contribution in [0, 0.1) is 12.3 Å². The number of carboxylic acid groups (broad SMARTS) is 1. The zero-order valence-corrected chi connectivity index (χ0v) is 9.46. The number of morpholine rings is 1. The number of aliphatic carboxylic acids is 1. The first-order chi connectivity index (χ1) is 8.06. The summed E-state index contributed by atoms with van der Waals surface area (Å²) in [6, 6.07) is -1.23. The minimum absolute atomic E-state index is 0.144. The summed E-state index contributed by atoms with van der Waals surface area (Å²) in [5.74, 6) is 1.05. The van der Waals surface area contributed by atoms with E-state index in [0.717, 1.165) is 0 Å². The second kappa shape index (κ2) is 6.23. The summed E-state index contributed by atoms with van der Waals surface area (Å²) in [5, 5.41) is 8.75. The Morgan fingerprint density at radius 1 is 1.65 bits per heavy atom. The van der Waals surface area contributed by atoms with Crippen molar-refractivity contribution in [1.82, 2.24) is 4.90 Å². The van der Waals surface area contributed by atoms with E-state index < -0.39 is 18.1 Å². The Bertz CT molecular complexity index is 337. The van der Waals surface area contributed by atoms with Crippen molar-refractivity contribution in [3.05, 3.63) is 0 Å². The highest BCUT2D eigenvalue weighted by Crippen LogP contribution is 2.12. The maximum atomic E-state index is 11.9. The van der Waals surface area contributed by atoms with Gasteiger partial charge in [-0.3, -0.25) is 9.59 Å². The molecule has 0 aromatic heterocycles. The molecule has 0 radical (unpaired) electrons. The van der Waals surface area contributed by atoms with Crippen molar-refractivity contribution in [2.45, 2.75) is 24.9 Å². The Morgan fingerprint density at radius 2 is 2.35 bits per heavy atom. The Labute approximate surface area is 99.7 Å². The molecule has 1 heterocycles. The minimum atomic E-state index is -0.969. The zero-order chi connectivity index (χ0) is 12.8. The van der Waals surface area contributed by atoms with Gasteiger partial charge in [0.15, 0.2) is 0 Å². The molecule has 1 saturated heterocycles. The molecule has 0 aromatic rings. The largest absolute Gasteiger partial charge is 0.481 e. The molecule has 0 aliphatic carbocycles. The van der Waals surface area contributed by atoms with Crippen LogP contribution in [0.15, 0.2) is 0 Å². The Hall–Kier alpha value is -1.58. The summed E-state index contributed by atoms with van der Waals surface area (Å²) in [5.41, 5.74) is 5.63. The molecular weight excluding hydrogens is 224 g/mol. The van der Waals surface area contributed by atoms with E-state index in [1.807, 2.05) is 0 Å². The second-order valence-corrected chi connectivity index (χ2v) is 3.87. The molecule has 1 aliphatic rings. The van der Waals surface area contributed by atoms with Gasteiger partial charge in [-0.25, -0.2) is 0 Å². The predicted octanol–water partition coefficient (Wildman–Crippen LogP) is -0.961. The fourth-order valence-corrected chi connectivity index (χ4v) is 1.74. The third kappa shape index (κ3) is 3.73. The predicted molar refractivity (Wildman–Crippen MR) is 60.0 cm³/mol. The van der Waals surface area contributed by atoms with Gasteiger partial charge in [-0.1, -0.05) is 0 Å². The summed E-state index contributed by atoms with van der Waals surface area (Å²) in [7, 11) is 0. The summed E-state index contributed by atoms with van der Waals surface area (Å²) < 4.78 is 5.16.